The number of anilines is 2. The van der Waals surface area contributed by atoms with Crippen LogP contribution < -0.4 is 15.5 Å². The molecule has 1 aromatic carbocycles. The third-order valence-electron chi connectivity index (χ3n) is 4.43. The third kappa shape index (κ3) is 6.16. The molecular formula is C18H21Cl2N5O2S2. The van der Waals surface area contributed by atoms with E-state index < -0.39 is 10.0 Å². The van der Waals surface area contributed by atoms with Crippen molar-refractivity contribution in [1.82, 2.24) is 14.6 Å². The Kier molecular flexibility index (Phi) is 7.53. The fraction of sp³-hybridized carbons (Fsp3) is 0.333. The first-order valence-electron chi connectivity index (χ1n) is 8.99. The van der Waals surface area contributed by atoms with Gasteiger partial charge in [-0.25, -0.2) is 13.4 Å². The van der Waals surface area contributed by atoms with E-state index in [1.807, 2.05) is 18.2 Å². The normalized spacial score (nSPS) is 15.2. The molecule has 1 saturated heterocycles. The topological polar surface area (TPSA) is 77.6 Å². The summed E-state index contributed by atoms with van der Waals surface area (Å²) in [5.41, 5.74) is 0.599. The van der Waals surface area contributed by atoms with Crippen LogP contribution in [0, 0.1) is 0 Å². The summed E-state index contributed by atoms with van der Waals surface area (Å²) in [6.07, 6.45) is 1.73. The van der Waals surface area contributed by atoms with E-state index in [1.54, 1.807) is 24.4 Å². The molecule has 29 heavy (non-hydrogen) atoms. The quantitative estimate of drug-likeness (QED) is 0.624. The van der Waals surface area contributed by atoms with Gasteiger partial charge in [-0.2, -0.15) is 4.31 Å². The number of nitrogens with one attached hydrogen (secondary N) is 2. The maximum Gasteiger partial charge on any atom is 0.215 e. The first-order valence-corrected chi connectivity index (χ1v) is 11.8. The minimum atomic E-state index is -3.38. The largest absolute Gasteiger partial charge is 0.361 e. The number of sulfonamides is 1. The van der Waals surface area contributed by atoms with Crippen LogP contribution in [0.15, 0.2) is 42.6 Å². The lowest BCUT2D eigenvalue weighted by Crippen LogP contribution is -2.50. The Bertz CT molecular complexity index is 952. The highest BCUT2D eigenvalue weighted by Gasteiger charge is 2.27. The number of thiocarbonyl (C=S) groups is 1. The lowest BCUT2D eigenvalue weighted by Gasteiger charge is -2.34. The molecule has 2 aromatic rings. The summed E-state index contributed by atoms with van der Waals surface area (Å²) in [5.74, 6) is 0.815. The van der Waals surface area contributed by atoms with Crippen molar-refractivity contribution >= 4 is 62.1 Å². The van der Waals surface area contributed by atoms with Gasteiger partial charge in [0.25, 0.3) is 0 Å². The van der Waals surface area contributed by atoms with Gasteiger partial charge < -0.3 is 15.5 Å². The Labute approximate surface area is 186 Å². The van der Waals surface area contributed by atoms with Crippen molar-refractivity contribution in [1.29, 1.82) is 0 Å². The van der Waals surface area contributed by atoms with Crippen LogP contribution >= 0.6 is 35.4 Å². The van der Waals surface area contributed by atoms with Crippen molar-refractivity contribution in [3.8, 4) is 0 Å². The van der Waals surface area contributed by atoms with Crippen LogP contribution in [0.5, 0.6) is 0 Å². The van der Waals surface area contributed by atoms with Crippen LogP contribution in [0.1, 0.15) is 0 Å². The number of benzene rings is 1. The standard InChI is InChI=1S/C18H21Cl2N5O2S2/c19-14-4-5-16(15(20)13-14)23-18(28)22-7-12-29(26,27)25-10-8-24(9-11-25)17-3-1-2-6-21-17/h1-6,13H,7-12H2,(H2,22,23,28). The molecule has 1 aliphatic rings. The lowest BCUT2D eigenvalue weighted by atomic mass is 10.3. The highest BCUT2D eigenvalue weighted by atomic mass is 35.5. The lowest BCUT2D eigenvalue weighted by molar-refractivity contribution is 0.384. The minimum absolute atomic E-state index is 0.0489. The number of piperazine rings is 1. The van der Waals surface area contributed by atoms with Crippen LogP contribution in [0.2, 0.25) is 10.0 Å². The number of halogens is 2. The molecule has 0 unspecified atom stereocenters. The molecule has 0 spiro atoms. The second-order valence-electron chi connectivity index (χ2n) is 6.40. The van der Waals surface area contributed by atoms with E-state index in [9.17, 15) is 8.42 Å². The van der Waals surface area contributed by atoms with Crippen LogP contribution in [-0.4, -0.2) is 61.3 Å². The number of aromatic nitrogens is 1. The van der Waals surface area contributed by atoms with E-state index in [0.29, 0.717) is 47.0 Å². The first kappa shape index (κ1) is 22.0. The van der Waals surface area contributed by atoms with E-state index in [-0.39, 0.29) is 12.3 Å². The molecule has 2 heterocycles. The molecule has 0 atom stereocenters. The molecular weight excluding hydrogens is 453 g/mol. The number of nitrogens with zero attached hydrogens (tertiary/aromatic N) is 3. The molecule has 2 N–H and O–H groups in total. The van der Waals surface area contributed by atoms with Gasteiger partial charge in [0, 0.05) is 43.9 Å². The van der Waals surface area contributed by atoms with E-state index in [4.69, 9.17) is 35.4 Å². The summed E-state index contributed by atoms with van der Waals surface area (Å²) in [7, 11) is -3.38. The number of hydrogen-bond donors (Lipinski definition) is 2. The van der Waals surface area contributed by atoms with Gasteiger partial charge in [0.2, 0.25) is 10.0 Å². The molecule has 0 amide bonds. The Morgan fingerprint density at radius 1 is 1.14 bits per heavy atom. The van der Waals surface area contributed by atoms with Crippen molar-refractivity contribution in [2.24, 2.45) is 0 Å². The average Bonchev–Trinajstić information content (AvgIpc) is 2.71. The third-order valence-corrected chi connectivity index (χ3v) is 7.10. The van der Waals surface area contributed by atoms with Gasteiger partial charge >= 0.3 is 0 Å². The second kappa shape index (κ2) is 9.90. The summed E-state index contributed by atoms with van der Waals surface area (Å²) < 4.78 is 26.7. The maximum atomic E-state index is 12.6. The smallest absolute Gasteiger partial charge is 0.215 e. The zero-order chi connectivity index (χ0) is 20.9. The summed E-state index contributed by atoms with van der Waals surface area (Å²) in [4.78, 5) is 6.40. The van der Waals surface area contributed by atoms with Crippen molar-refractivity contribution < 1.29 is 8.42 Å². The molecule has 0 radical (unpaired) electrons. The summed E-state index contributed by atoms with van der Waals surface area (Å²) in [5, 5.41) is 7.09. The Morgan fingerprint density at radius 2 is 1.90 bits per heavy atom. The van der Waals surface area contributed by atoms with E-state index in [0.717, 1.165) is 5.82 Å². The Balaban J connectivity index is 1.45. The van der Waals surface area contributed by atoms with E-state index in [2.05, 4.69) is 20.5 Å². The molecule has 1 aromatic heterocycles. The number of hydrogen-bond acceptors (Lipinski definition) is 5. The SMILES string of the molecule is O=S(=O)(CCNC(=S)Nc1ccc(Cl)cc1Cl)N1CCN(c2ccccn2)CC1. The molecule has 0 aliphatic carbocycles. The van der Waals surface area contributed by atoms with Crippen molar-refractivity contribution in [2.45, 2.75) is 0 Å². The van der Waals surface area contributed by atoms with Crippen LogP contribution in [-0.2, 0) is 10.0 Å². The molecule has 156 valence electrons. The van der Waals surface area contributed by atoms with E-state index in [1.165, 1.54) is 4.31 Å². The predicted molar refractivity (Wildman–Crippen MR) is 122 cm³/mol. The number of rotatable bonds is 6. The van der Waals surface area contributed by atoms with Gasteiger partial charge in [-0.3, -0.25) is 0 Å². The molecule has 0 bridgehead atoms. The zero-order valence-corrected chi connectivity index (χ0v) is 18.7. The summed E-state index contributed by atoms with van der Waals surface area (Å²) in [6, 6.07) is 10.7. The molecule has 7 nitrogen and oxygen atoms in total. The van der Waals surface area contributed by atoms with Crippen molar-refractivity contribution in [2.75, 3.05) is 48.7 Å². The minimum Gasteiger partial charge on any atom is -0.361 e. The fourth-order valence-electron chi connectivity index (χ4n) is 2.92. The Hall–Kier alpha value is -1.65. The zero-order valence-electron chi connectivity index (χ0n) is 15.5. The average molecular weight is 474 g/mol. The van der Waals surface area contributed by atoms with Crippen molar-refractivity contribution in [3.63, 3.8) is 0 Å². The van der Waals surface area contributed by atoms with Gasteiger partial charge in [0.15, 0.2) is 5.11 Å². The highest BCUT2D eigenvalue weighted by molar-refractivity contribution is 7.89. The van der Waals surface area contributed by atoms with Gasteiger partial charge in [0.05, 0.1) is 16.5 Å². The number of pyridine rings is 1. The molecule has 1 fully saturated rings. The van der Waals surface area contributed by atoms with Crippen LogP contribution in [0.4, 0.5) is 11.5 Å². The van der Waals surface area contributed by atoms with Crippen molar-refractivity contribution in [3.05, 3.63) is 52.6 Å². The molecule has 0 saturated carbocycles. The first-order chi connectivity index (χ1) is 13.8. The predicted octanol–water partition coefficient (Wildman–Crippen LogP) is 2.83. The highest BCUT2D eigenvalue weighted by Crippen LogP contribution is 2.25. The van der Waals surface area contributed by atoms with Gasteiger partial charge in [-0.05, 0) is 42.5 Å². The fourth-order valence-corrected chi connectivity index (χ4v) is 4.92. The maximum absolute atomic E-state index is 12.6. The van der Waals surface area contributed by atoms with Gasteiger partial charge in [-0.15, -0.1) is 0 Å². The van der Waals surface area contributed by atoms with Gasteiger partial charge in [-0.1, -0.05) is 29.3 Å². The second-order valence-corrected chi connectivity index (χ2v) is 9.74. The Morgan fingerprint density at radius 3 is 2.55 bits per heavy atom. The monoisotopic (exact) mass is 473 g/mol. The van der Waals surface area contributed by atoms with Crippen LogP contribution in [0.3, 0.4) is 0 Å². The summed E-state index contributed by atoms with van der Waals surface area (Å²) >= 11 is 17.2. The van der Waals surface area contributed by atoms with E-state index >= 15 is 0 Å². The van der Waals surface area contributed by atoms with Crippen LogP contribution in [0.25, 0.3) is 0 Å². The van der Waals surface area contributed by atoms with Gasteiger partial charge in [0.1, 0.15) is 5.82 Å². The molecule has 1 aliphatic heterocycles. The molecule has 11 heteroatoms. The molecule has 3 rings (SSSR count). The summed E-state index contributed by atoms with van der Waals surface area (Å²) in [6.45, 7) is 2.28.